The Balaban J connectivity index is 2.31. The van der Waals surface area contributed by atoms with Crippen molar-refractivity contribution in [1.29, 1.82) is 0 Å². The van der Waals surface area contributed by atoms with Crippen molar-refractivity contribution in [1.82, 2.24) is 8.96 Å². The van der Waals surface area contributed by atoms with Crippen LogP contribution in [-0.4, -0.2) is 30.5 Å². The van der Waals surface area contributed by atoms with E-state index in [1.807, 2.05) is 0 Å². The van der Waals surface area contributed by atoms with Crippen molar-refractivity contribution in [2.75, 3.05) is 7.11 Å². The molecule has 7 heteroatoms. The molecule has 0 unspecified atom stereocenters. The minimum Gasteiger partial charge on any atom is -0.465 e. The van der Waals surface area contributed by atoms with E-state index in [2.05, 4.69) is 4.98 Å². The molecule has 0 saturated heterocycles. The maximum Gasteiger partial charge on any atom is 0.341 e. The fourth-order valence-electron chi connectivity index (χ4n) is 2.23. The first-order valence-electron chi connectivity index (χ1n) is 6.39. The SMILES string of the molecule is COC(=O)c1cncc2ccn(S(=O)(=O)c3ccccc3)c12. The third-order valence-electron chi connectivity index (χ3n) is 3.26. The summed E-state index contributed by atoms with van der Waals surface area (Å²) in [6.07, 6.45) is 4.20. The number of esters is 1. The lowest BCUT2D eigenvalue weighted by atomic mass is 10.2. The first-order valence-corrected chi connectivity index (χ1v) is 7.83. The molecule has 0 aliphatic rings. The van der Waals surface area contributed by atoms with Crippen LogP contribution in [0.25, 0.3) is 10.9 Å². The summed E-state index contributed by atoms with van der Waals surface area (Å²) >= 11 is 0. The van der Waals surface area contributed by atoms with Crippen LogP contribution >= 0.6 is 0 Å². The largest absolute Gasteiger partial charge is 0.465 e. The molecule has 3 rings (SSSR count). The molecule has 6 nitrogen and oxygen atoms in total. The zero-order valence-corrected chi connectivity index (χ0v) is 12.4. The highest BCUT2D eigenvalue weighted by atomic mass is 32.2. The third kappa shape index (κ3) is 2.15. The zero-order chi connectivity index (χ0) is 15.7. The molecule has 0 bridgehead atoms. The molecule has 1 aromatic carbocycles. The van der Waals surface area contributed by atoms with E-state index in [-0.39, 0.29) is 16.0 Å². The Morgan fingerprint density at radius 3 is 2.55 bits per heavy atom. The van der Waals surface area contributed by atoms with Gasteiger partial charge in [0.2, 0.25) is 0 Å². The molecule has 0 spiro atoms. The number of benzene rings is 1. The van der Waals surface area contributed by atoms with Crippen LogP contribution in [0, 0.1) is 0 Å². The van der Waals surface area contributed by atoms with Crippen molar-refractivity contribution in [3.63, 3.8) is 0 Å². The molecule has 22 heavy (non-hydrogen) atoms. The highest BCUT2D eigenvalue weighted by Crippen LogP contribution is 2.24. The van der Waals surface area contributed by atoms with Gasteiger partial charge in [0.25, 0.3) is 10.0 Å². The Labute approximate surface area is 127 Å². The molecule has 3 aromatic rings. The molecule has 0 N–H and O–H groups in total. The molecule has 0 aliphatic carbocycles. The molecule has 2 aromatic heterocycles. The number of methoxy groups -OCH3 is 1. The molecule has 112 valence electrons. The molecule has 0 aliphatic heterocycles. The Kier molecular flexibility index (Phi) is 3.42. The molecule has 0 fully saturated rings. The topological polar surface area (TPSA) is 78.3 Å². The quantitative estimate of drug-likeness (QED) is 0.691. The summed E-state index contributed by atoms with van der Waals surface area (Å²) in [5.74, 6) is -0.638. The van der Waals surface area contributed by atoms with Crippen molar-refractivity contribution in [3.8, 4) is 0 Å². The van der Waals surface area contributed by atoms with Crippen molar-refractivity contribution in [2.45, 2.75) is 4.90 Å². The average molecular weight is 316 g/mol. The maximum atomic E-state index is 12.8. The minimum atomic E-state index is -3.81. The standard InChI is InChI=1S/C15H12N2O4S/c1-21-15(18)13-10-16-9-11-7-8-17(14(11)13)22(19,20)12-5-3-2-4-6-12/h2-10H,1H3. The van der Waals surface area contributed by atoms with Crippen LogP contribution in [0.15, 0.2) is 59.9 Å². The van der Waals surface area contributed by atoms with E-state index in [1.165, 1.54) is 37.8 Å². The summed E-state index contributed by atoms with van der Waals surface area (Å²) in [6, 6.07) is 9.61. The van der Waals surface area contributed by atoms with Crippen LogP contribution in [0.2, 0.25) is 0 Å². The van der Waals surface area contributed by atoms with Gasteiger partial charge in [0.05, 0.1) is 17.5 Å². The van der Waals surface area contributed by atoms with Gasteiger partial charge >= 0.3 is 5.97 Å². The van der Waals surface area contributed by atoms with E-state index in [1.54, 1.807) is 24.3 Å². The molecule has 0 atom stereocenters. The molecular formula is C15H12N2O4S. The van der Waals surface area contributed by atoms with Crippen molar-refractivity contribution in [3.05, 3.63) is 60.6 Å². The van der Waals surface area contributed by atoms with E-state index < -0.39 is 16.0 Å². The normalized spacial score (nSPS) is 11.5. The molecule has 0 saturated carbocycles. The second kappa shape index (κ2) is 5.27. The van der Waals surface area contributed by atoms with E-state index in [0.717, 1.165) is 3.97 Å². The Morgan fingerprint density at radius 2 is 1.86 bits per heavy atom. The molecular weight excluding hydrogens is 304 g/mol. The predicted octanol–water partition coefficient (Wildman–Crippen LogP) is 2.06. The van der Waals surface area contributed by atoms with Gasteiger partial charge in [-0.25, -0.2) is 17.2 Å². The minimum absolute atomic E-state index is 0.101. The van der Waals surface area contributed by atoms with Gasteiger partial charge in [0, 0.05) is 24.0 Å². The summed E-state index contributed by atoms with van der Waals surface area (Å²) in [6.45, 7) is 0. The van der Waals surface area contributed by atoms with Gasteiger partial charge in [-0.05, 0) is 18.2 Å². The van der Waals surface area contributed by atoms with Crippen LogP contribution in [0.4, 0.5) is 0 Å². The second-order valence-corrected chi connectivity index (χ2v) is 6.36. The van der Waals surface area contributed by atoms with E-state index in [0.29, 0.717) is 5.39 Å². The van der Waals surface area contributed by atoms with E-state index in [4.69, 9.17) is 4.74 Å². The number of carbonyl (C=O) groups is 1. The summed E-state index contributed by atoms with van der Waals surface area (Å²) in [7, 11) is -2.57. The number of rotatable bonds is 3. The monoisotopic (exact) mass is 316 g/mol. The van der Waals surface area contributed by atoms with Crippen molar-refractivity contribution in [2.24, 2.45) is 0 Å². The second-order valence-electron chi connectivity index (χ2n) is 4.55. The molecule has 2 heterocycles. The van der Waals surface area contributed by atoms with Crippen molar-refractivity contribution < 1.29 is 17.9 Å². The number of hydrogen-bond donors (Lipinski definition) is 0. The summed E-state index contributed by atoms with van der Waals surface area (Å²) in [4.78, 5) is 16.0. The molecule has 0 radical (unpaired) electrons. The van der Waals surface area contributed by atoms with Gasteiger partial charge in [0.15, 0.2) is 0 Å². The lowest BCUT2D eigenvalue weighted by Gasteiger charge is -2.09. The van der Waals surface area contributed by atoms with Crippen LogP contribution < -0.4 is 0 Å². The highest BCUT2D eigenvalue weighted by molar-refractivity contribution is 7.90. The first-order chi connectivity index (χ1) is 10.6. The third-order valence-corrected chi connectivity index (χ3v) is 4.95. The molecule has 0 amide bonds. The van der Waals surface area contributed by atoms with Gasteiger partial charge in [-0.2, -0.15) is 0 Å². The van der Waals surface area contributed by atoms with Crippen LogP contribution in [0.3, 0.4) is 0 Å². The lowest BCUT2D eigenvalue weighted by Crippen LogP contribution is -2.14. The van der Waals surface area contributed by atoms with Gasteiger partial charge in [-0.15, -0.1) is 0 Å². The zero-order valence-electron chi connectivity index (χ0n) is 11.6. The van der Waals surface area contributed by atoms with Crippen molar-refractivity contribution >= 4 is 26.9 Å². The van der Waals surface area contributed by atoms with Gasteiger partial charge in [0.1, 0.15) is 5.56 Å². The number of hydrogen-bond acceptors (Lipinski definition) is 5. The van der Waals surface area contributed by atoms with E-state index >= 15 is 0 Å². The fraction of sp³-hybridized carbons (Fsp3) is 0.0667. The highest BCUT2D eigenvalue weighted by Gasteiger charge is 2.22. The van der Waals surface area contributed by atoms with Crippen LogP contribution in [-0.2, 0) is 14.8 Å². The summed E-state index contributed by atoms with van der Waals surface area (Å²) in [5.41, 5.74) is 0.357. The van der Waals surface area contributed by atoms with Crippen LogP contribution in [0.1, 0.15) is 10.4 Å². The fourth-order valence-corrected chi connectivity index (χ4v) is 3.62. The maximum absolute atomic E-state index is 12.8. The van der Waals surface area contributed by atoms with Gasteiger partial charge in [-0.1, -0.05) is 18.2 Å². The Bertz CT molecular complexity index is 946. The number of fused-ring (bicyclic) bond motifs is 1. The van der Waals surface area contributed by atoms with Crippen LogP contribution in [0.5, 0.6) is 0 Å². The Hall–Kier alpha value is -2.67. The number of pyridine rings is 1. The number of aromatic nitrogens is 2. The van der Waals surface area contributed by atoms with Gasteiger partial charge < -0.3 is 4.74 Å². The smallest absolute Gasteiger partial charge is 0.341 e. The summed E-state index contributed by atoms with van der Waals surface area (Å²) < 4.78 is 31.3. The lowest BCUT2D eigenvalue weighted by molar-refractivity contribution is 0.0602. The first kappa shape index (κ1) is 14.3. The van der Waals surface area contributed by atoms with E-state index in [9.17, 15) is 13.2 Å². The average Bonchev–Trinajstić information content (AvgIpc) is 2.99. The Morgan fingerprint density at radius 1 is 1.14 bits per heavy atom. The predicted molar refractivity (Wildman–Crippen MR) is 80.1 cm³/mol. The number of carbonyl (C=O) groups excluding carboxylic acids is 1. The van der Waals surface area contributed by atoms with Gasteiger partial charge in [-0.3, -0.25) is 4.98 Å². The number of ether oxygens (including phenoxy) is 1. The summed E-state index contributed by atoms with van der Waals surface area (Å²) in [5, 5.41) is 0.544. The number of nitrogens with zero attached hydrogens (tertiary/aromatic N) is 2.